The number of rotatable bonds is 4. The van der Waals surface area contributed by atoms with Crippen LogP contribution in [0.15, 0.2) is 65.3 Å². The second-order valence-electron chi connectivity index (χ2n) is 5.84. The fourth-order valence-corrected chi connectivity index (χ4v) is 2.59. The lowest BCUT2D eigenvalue weighted by atomic mass is 10.1. The van der Waals surface area contributed by atoms with Crippen molar-refractivity contribution in [3.63, 3.8) is 0 Å². The van der Waals surface area contributed by atoms with Crippen LogP contribution >= 0.6 is 0 Å². The topological polar surface area (TPSA) is 97.5 Å². The maximum Gasteiger partial charge on any atom is 0.283 e. The molecule has 2 N–H and O–H groups in total. The molecule has 1 aliphatic heterocycles. The molecule has 0 spiro atoms. The van der Waals surface area contributed by atoms with Crippen molar-refractivity contribution in [2.75, 3.05) is 0 Å². The molecule has 26 heavy (non-hydrogen) atoms. The first-order valence-electron chi connectivity index (χ1n) is 7.97. The zero-order chi connectivity index (χ0) is 18.7. The molecule has 3 rings (SSSR count). The zero-order valence-electron chi connectivity index (χ0n) is 14.0. The smallest absolute Gasteiger partial charge is 0.283 e. The van der Waals surface area contributed by atoms with Gasteiger partial charge in [-0.05, 0) is 36.3 Å². The number of imide groups is 1. The zero-order valence-corrected chi connectivity index (χ0v) is 14.0. The molecule has 0 saturated heterocycles. The van der Waals surface area contributed by atoms with E-state index in [1.54, 1.807) is 25.1 Å². The van der Waals surface area contributed by atoms with Crippen molar-refractivity contribution in [1.82, 2.24) is 5.01 Å². The standard InChI is InChI=1S/C19H17N3O4/c1-13-17(11-15-7-9-16(10-8-15)22(25)26)19(24)21(20-13)18(23)12-14-5-3-2-4-6-14/h2-11,22,25H,12H2,1H3/b17-11+. The summed E-state index contributed by atoms with van der Waals surface area (Å²) in [5.41, 5.74) is 2.38. The number of nitrogens with one attached hydrogen (secondary N) is 1. The normalized spacial score (nSPS) is 16.7. The summed E-state index contributed by atoms with van der Waals surface area (Å²) < 4.78 is 0. The summed E-state index contributed by atoms with van der Waals surface area (Å²) in [5.74, 6) is -0.879. The van der Waals surface area contributed by atoms with Crippen LogP contribution in [0.5, 0.6) is 0 Å². The highest BCUT2D eigenvalue weighted by Gasteiger charge is 2.32. The Morgan fingerprint density at radius 1 is 1.19 bits per heavy atom. The maximum atomic E-state index is 12.6. The SMILES string of the molecule is CC1=NN(C(=O)Cc2ccccc2)C(=O)/C1=C/c1ccc([NH+]([O-])O)cc1. The van der Waals surface area contributed by atoms with Crippen molar-refractivity contribution in [3.8, 4) is 0 Å². The third-order valence-corrected chi connectivity index (χ3v) is 3.97. The summed E-state index contributed by atoms with van der Waals surface area (Å²) in [6, 6.07) is 15.3. The Bertz CT molecular complexity index is 887. The van der Waals surface area contributed by atoms with Gasteiger partial charge < -0.3 is 5.21 Å². The molecule has 0 fully saturated rings. The van der Waals surface area contributed by atoms with Gasteiger partial charge in [0.15, 0.2) is 5.69 Å². The summed E-state index contributed by atoms with van der Waals surface area (Å²) >= 11 is 0. The van der Waals surface area contributed by atoms with E-state index in [1.807, 2.05) is 30.3 Å². The summed E-state index contributed by atoms with van der Waals surface area (Å²) in [6.07, 6.45) is 1.69. The molecule has 1 aliphatic rings. The van der Waals surface area contributed by atoms with E-state index >= 15 is 0 Å². The Kier molecular flexibility index (Phi) is 5.04. The number of quaternary nitrogens is 1. The Balaban J connectivity index is 1.78. The number of benzene rings is 2. The van der Waals surface area contributed by atoms with Crippen LogP contribution in [-0.2, 0) is 16.0 Å². The van der Waals surface area contributed by atoms with E-state index in [2.05, 4.69) is 5.10 Å². The highest BCUT2D eigenvalue weighted by molar-refractivity contribution is 6.29. The molecular weight excluding hydrogens is 334 g/mol. The lowest BCUT2D eigenvalue weighted by Crippen LogP contribution is -2.99. The molecular formula is C19H17N3O4. The van der Waals surface area contributed by atoms with Crippen LogP contribution in [0.4, 0.5) is 5.69 Å². The van der Waals surface area contributed by atoms with Gasteiger partial charge in [-0.25, -0.2) is 5.21 Å². The molecule has 1 atom stereocenters. The monoisotopic (exact) mass is 351 g/mol. The summed E-state index contributed by atoms with van der Waals surface area (Å²) in [5, 5.41) is 23.8. The summed E-state index contributed by atoms with van der Waals surface area (Å²) in [7, 11) is 0. The fraction of sp³-hybridized carbons (Fsp3) is 0.105. The van der Waals surface area contributed by atoms with Crippen LogP contribution in [0.1, 0.15) is 18.1 Å². The van der Waals surface area contributed by atoms with Gasteiger partial charge in [0.2, 0.25) is 0 Å². The number of hydrogen-bond donors (Lipinski definition) is 2. The molecule has 2 aromatic rings. The summed E-state index contributed by atoms with van der Waals surface area (Å²) in [6.45, 7) is 1.66. The fourth-order valence-electron chi connectivity index (χ4n) is 2.59. The molecule has 1 heterocycles. The second-order valence-corrected chi connectivity index (χ2v) is 5.84. The molecule has 0 saturated carbocycles. The lowest BCUT2D eigenvalue weighted by molar-refractivity contribution is -0.991. The minimum absolute atomic E-state index is 0.0873. The van der Waals surface area contributed by atoms with E-state index in [4.69, 9.17) is 5.21 Å². The van der Waals surface area contributed by atoms with E-state index in [1.165, 1.54) is 12.1 Å². The predicted molar refractivity (Wildman–Crippen MR) is 95.3 cm³/mol. The minimum Gasteiger partial charge on any atom is -0.595 e. The quantitative estimate of drug-likeness (QED) is 0.644. The Labute approximate surface area is 150 Å². The van der Waals surface area contributed by atoms with Crippen LogP contribution in [0, 0.1) is 5.21 Å². The third kappa shape index (κ3) is 3.75. The van der Waals surface area contributed by atoms with Gasteiger partial charge in [-0.1, -0.05) is 30.3 Å². The van der Waals surface area contributed by atoms with Crippen molar-refractivity contribution in [2.24, 2.45) is 5.10 Å². The van der Waals surface area contributed by atoms with Crippen molar-refractivity contribution in [3.05, 3.63) is 76.5 Å². The third-order valence-electron chi connectivity index (χ3n) is 3.97. The van der Waals surface area contributed by atoms with Crippen LogP contribution < -0.4 is 5.23 Å². The van der Waals surface area contributed by atoms with Crippen molar-refractivity contribution < 1.29 is 20.0 Å². The minimum atomic E-state index is -1.02. The average molecular weight is 351 g/mol. The van der Waals surface area contributed by atoms with Gasteiger partial charge in [-0.15, -0.1) is 0 Å². The number of amides is 2. The average Bonchev–Trinajstić information content (AvgIpc) is 2.91. The highest BCUT2D eigenvalue weighted by atomic mass is 16.8. The molecule has 1 unspecified atom stereocenters. The molecule has 0 radical (unpaired) electrons. The van der Waals surface area contributed by atoms with Crippen LogP contribution in [0.25, 0.3) is 6.08 Å². The largest absolute Gasteiger partial charge is 0.595 e. The molecule has 7 heteroatoms. The van der Waals surface area contributed by atoms with E-state index in [-0.39, 0.29) is 12.1 Å². The number of carbonyl (C=O) groups excluding carboxylic acids is 2. The first kappa shape index (κ1) is 17.7. The highest BCUT2D eigenvalue weighted by Crippen LogP contribution is 2.20. The predicted octanol–water partition coefficient (Wildman–Crippen LogP) is 1.46. The van der Waals surface area contributed by atoms with Gasteiger partial charge in [-0.2, -0.15) is 15.3 Å². The van der Waals surface area contributed by atoms with Crippen molar-refractivity contribution in [1.29, 1.82) is 0 Å². The van der Waals surface area contributed by atoms with E-state index in [0.717, 1.165) is 10.6 Å². The lowest BCUT2D eigenvalue weighted by Gasteiger charge is -2.11. The van der Waals surface area contributed by atoms with Crippen LogP contribution in [-0.4, -0.2) is 27.7 Å². The first-order valence-corrected chi connectivity index (χ1v) is 7.97. The molecule has 2 aromatic carbocycles. The Hall–Kier alpha value is -3.13. The van der Waals surface area contributed by atoms with Gasteiger partial charge in [0.05, 0.1) is 17.7 Å². The molecule has 0 aliphatic carbocycles. The second kappa shape index (κ2) is 7.40. The maximum absolute atomic E-state index is 12.6. The Morgan fingerprint density at radius 2 is 1.85 bits per heavy atom. The first-order chi connectivity index (χ1) is 12.5. The van der Waals surface area contributed by atoms with Crippen LogP contribution in [0.2, 0.25) is 0 Å². The van der Waals surface area contributed by atoms with Gasteiger partial charge in [0.1, 0.15) is 0 Å². The van der Waals surface area contributed by atoms with Gasteiger partial charge in [0, 0.05) is 12.1 Å². The summed E-state index contributed by atoms with van der Waals surface area (Å²) in [4.78, 5) is 24.9. The van der Waals surface area contributed by atoms with Gasteiger partial charge >= 0.3 is 0 Å². The van der Waals surface area contributed by atoms with Gasteiger partial charge in [-0.3, -0.25) is 9.59 Å². The van der Waals surface area contributed by atoms with Crippen molar-refractivity contribution in [2.45, 2.75) is 13.3 Å². The molecule has 7 nitrogen and oxygen atoms in total. The van der Waals surface area contributed by atoms with E-state index in [0.29, 0.717) is 16.8 Å². The number of hydrazone groups is 1. The van der Waals surface area contributed by atoms with Crippen LogP contribution in [0.3, 0.4) is 0 Å². The number of nitrogens with zero attached hydrogens (tertiary/aromatic N) is 2. The van der Waals surface area contributed by atoms with E-state index < -0.39 is 17.0 Å². The van der Waals surface area contributed by atoms with Gasteiger partial charge in [0.25, 0.3) is 11.8 Å². The van der Waals surface area contributed by atoms with E-state index in [9.17, 15) is 14.8 Å². The molecule has 2 amide bonds. The Morgan fingerprint density at radius 3 is 2.46 bits per heavy atom. The number of hydrogen-bond acceptors (Lipinski definition) is 5. The van der Waals surface area contributed by atoms with Crippen molar-refractivity contribution >= 4 is 29.3 Å². The molecule has 0 aromatic heterocycles. The molecule has 132 valence electrons. The number of carbonyl (C=O) groups is 2. The molecule has 0 bridgehead atoms.